The summed E-state index contributed by atoms with van der Waals surface area (Å²) in [5.74, 6) is 0. The highest BCUT2D eigenvalue weighted by molar-refractivity contribution is 9.10. The van der Waals surface area contributed by atoms with Gasteiger partial charge in [0, 0.05) is 15.8 Å². The van der Waals surface area contributed by atoms with Crippen LogP contribution >= 0.6 is 28.1 Å². The summed E-state index contributed by atoms with van der Waals surface area (Å²) < 4.78 is 1.02. The van der Waals surface area contributed by atoms with Gasteiger partial charge < -0.3 is 10.6 Å². The van der Waals surface area contributed by atoms with E-state index in [1.165, 1.54) is 11.1 Å². The third kappa shape index (κ3) is 4.33. The number of hydrogen-bond donors (Lipinski definition) is 2. The zero-order chi connectivity index (χ0) is 13.8. The van der Waals surface area contributed by atoms with E-state index in [4.69, 9.17) is 12.2 Å². The smallest absolute Gasteiger partial charge is 0.175 e. The quantitative estimate of drug-likeness (QED) is 0.765. The van der Waals surface area contributed by atoms with Crippen molar-refractivity contribution in [1.82, 2.24) is 0 Å². The van der Waals surface area contributed by atoms with Gasteiger partial charge in [-0.2, -0.15) is 0 Å². The van der Waals surface area contributed by atoms with Crippen LogP contribution in [-0.4, -0.2) is 5.11 Å². The summed E-state index contributed by atoms with van der Waals surface area (Å²) in [5, 5.41) is 6.94. The van der Waals surface area contributed by atoms with Crippen molar-refractivity contribution in [1.29, 1.82) is 0 Å². The molecule has 4 heteroatoms. The minimum absolute atomic E-state index is 0.586. The monoisotopic (exact) mass is 334 g/mol. The summed E-state index contributed by atoms with van der Waals surface area (Å²) in [7, 11) is 0. The fourth-order valence-electron chi connectivity index (χ4n) is 1.91. The van der Waals surface area contributed by atoms with E-state index in [9.17, 15) is 0 Å². The number of aryl methyl sites for hydroxylation is 2. The zero-order valence-electron chi connectivity index (χ0n) is 10.8. The highest BCUT2D eigenvalue weighted by Crippen LogP contribution is 2.17. The summed E-state index contributed by atoms with van der Waals surface area (Å²) in [6, 6.07) is 14.2. The van der Waals surface area contributed by atoms with Crippen molar-refractivity contribution >= 4 is 44.6 Å². The van der Waals surface area contributed by atoms with Gasteiger partial charge in [-0.15, -0.1) is 0 Å². The Kier molecular flexibility index (Phi) is 4.56. The van der Waals surface area contributed by atoms with Gasteiger partial charge in [-0.05, 0) is 67.5 Å². The second-order valence-corrected chi connectivity index (χ2v) is 5.79. The lowest BCUT2D eigenvalue weighted by Crippen LogP contribution is -2.19. The first kappa shape index (κ1) is 14.0. The molecule has 0 heterocycles. The average molecular weight is 335 g/mol. The molecule has 0 radical (unpaired) electrons. The van der Waals surface area contributed by atoms with Crippen molar-refractivity contribution in [3.05, 3.63) is 58.1 Å². The molecule has 0 saturated carbocycles. The van der Waals surface area contributed by atoms with Crippen LogP contribution < -0.4 is 10.6 Å². The first-order chi connectivity index (χ1) is 9.02. The van der Waals surface area contributed by atoms with E-state index in [-0.39, 0.29) is 0 Å². The van der Waals surface area contributed by atoms with Crippen molar-refractivity contribution < 1.29 is 0 Å². The molecule has 98 valence electrons. The maximum Gasteiger partial charge on any atom is 0.175 e. The van der Waals surface area contributed by atoms with Crippen LogP contribution in [0.15, 0.2) is 46.9 Å². The molecule has 0 aliphatic carbocycles. The predicted octanol–water partition coefficient (Wildman–Crippen LogP) is 4.87. The van der Waals surface area contributed by atoms with E-state index in [0.29, 0.717) is 5.11 Å². The van der Waals surface area contributed by atoms with E-state index >= 15 is 0 Å². The zero-order valence-corrected chi connectivity index (χ0v) is 13.2. The van der Waals surface area contributed by atoms with Crippen LogP contribution in [0.2, 0.25) is 0 Å². The first-order valence-corrected chi connectivity index (χ1v) is 7.15. The Morgan fingerprint density at radius 1 is 0.947 bits per heavy atom. The lowest BCUT2D eigenvalue weighted by atomic mass is 10.1. The van der Waals surface area contributed by atoms with Crippen molar-refractivity contribution in [2.75, 3.05) is 10.6 Å². The normalized spacial score (nSPS) is 10.1. The van der Waals surface area contributed by atoms with E-state index in [1.807, 2.05) is 24.3 Å². The molecule has 0 spiro atoms. The Morgan fingerprint density at radius 2 is 1.58 bits per heavy atom. The standard InChI is InChI=1S/C15H15BrN2S/c1-10-6-11(2)8-14(7-10)18-15(19)17-13-5-3-4-12(16)9-13/h3-9H,1-2H3,(H2,17,18,19). The van der Waals surface area contributed by atoms with Crippen LogP contribution in [0.5, 0.6) is 0 Å². The summed E-state index contributed by atoms with van der Waals surface area (Å²) in [5.41, 5.74) is 4.39. The molecule has 0 aliphatic rings. The highest BCUT2D eigenvalue weighted by atomic mass is 79.9. The van der Waals surface area contributed by atoms with Crippen LogP contribution in [0.4, 0.5) is 11.4 Å². The molecular formula is C15H15BrN2S. The second-order valence-electron chi connectivity index (χ2n) is 4.47. The Morgan fingerprint density at radius 3 is 2.21 bits per heavy atom. The van der Waals surface area contributed by atoms with Crippen molar-refractivity contribution in [3.63, 3.8) is 0 Å². The summed E-state index contributed by atoms with van der Waals surface area (Å²) in [4.78, 5) is 0. The van der Waals surface area contributed by atoms with Crippen LogP contribution in [0, 0.1) is 13.8 Å². The predicted molar refractivity (Wildman–Crippen MR) is 89.9 cm³/mol. The van der Waals surface area contributed by atoms with Crippen LogP contribution in [0.25, 0.3) is 0 Å². The molecular weight excluding hydrogens is 320 g/mol. The Labute approximate surface area is 127 Å². The van der Waals surface area contributed by atoms with Gasteiger partial charge in [0.15, 0.2) is 5.11 Å². The van der Waals surface area contributed by atoms with Crippen LogP contribution in [-0.2, 0) is 0 Å². The summed E-state index contributed by atoms with van der Waals surface area (Å²) in [6.45, 7) is 4.14. The Balaban J connectivity index is 2.05. The molecule has 2 N–H and O–H groups in total. The van der Waals surface area contributed by atoms with Crippen LogP contribution in [0.1, 0.15) is 11.1 Å². The van der Waals surface area contributed by atoms with E-state index < -0.39 is 0 Å². The number of thiocarbonyl (C=S) groups is 1. The SMILES string of the molecule is Cc1cc(C)cc(NC(=S)Nc2cccc(Br)c2)c1. The number of hydrogen-bond acceptors (Lipinski definition) is 1. The van der Waals surface area contributed by atoms with Crippen molar-refractivity contribution in [2.45, 2.75) is 13.8 Å². The van der Waals surface area contributed by atoms with E-state index in [2.05, 4.69) is 58.6 Å². The molecule has 0 aromatic heterocycles. The van der Waals surface area contributed by atoms with Gasteiger partial charge in [0.2, 0.25) is 0 Å². The summed E-state index contributed by atoms with van der Waals surface area (Å²) in [6.07, 6.45) is 0. The fraction of sp³-hybridized carbons (Fsp3) is 0.133. The lowest BCUT2D eigenvalue weighted by molar-refractivity contribution is 1.38. The topological polar surface area (TPSA) is 24.1 Å². The number of nitrogens with one attached hydrogen (secondary N) is 2. The van der Waals surface area contributed by atoms with Gasteiger partial charge in [0.1, 0.15) is 0 Å². The number of benzene rings is 2. The third-order valence-electron chi connectivity index (χ3n) is 2.56. The van der Waals surface area contributed by atoms with Gasteiger partial charge in [-0.3, -0.25) is 0 Å². The molecule has 0 amide bonds. The number of rotatable bonds is 2. The minimum atomic E-state index is 0.586. The molecule has 0 atom stereocenters. The second kappa shape index (κ2) is 6.17. The first-order valence-electron chi connectivity index (χ1n) is 5.95. The van der Waals surface area contributed by atoms with Crippen molar-refractivity contribution in [3.8, 4) is 0 Å². The molecule has 0 saturated heterocycles. The van der Waals surface area contributed by atoms with Crippen molar-refractivity contribution in [2.24, 2.45) is 0 Å². The van der Waals surface area contributed by atoms with Gasteiger partial charge in [0.25, 0.3) is 0 Å². The van der Waals surface area contributed by atoms with Gasteiger partial charge in [-0.1, -0.05) is 28.1 Å². The molecule has 0 unspecified atom stereocenters. The van der Waals surface area contributed by atoms with E-state index in [1.54, 1.807) is 0 Å². The molecule has 2 rings (SSSR count). The maximum absolute atomic E-state index is 5.31. The average Bonchev–Trinajstić information content (AvgIpc) is 2.26. The largest absolute Gasteiger partial charge is 0.332 e. The number of halogens is 1. The molecule has 0 bridgehead atoms. The third-order valence-corrected chi connectivity index (χ3v) is 3.26. The molecule has 2 aromatic rings. The van der Waals surface area contributed by atoms with Gasteiger partial charge >= 0.3 is 0 Å². The molecule has 2 aromatic carbocycles. The Bertz CT molecular complexity index is 591. The Hall–Kier alpha value is -1.39. The van der Waals surface area contributed by atoms with Crippen LogP contribution in [0.3, 0.4) is 0 Å². The lowest BCUT2D eigenvalue weighted by Gasteiger charge is -2.12. The molecule has 2 nitrogen and oxygen atoms in total. The maximum atomic E-state index is 5.31. The minimum Gasteiger partial charge on any atom is -0.332 e. The van der Waals surface area contributed by atoms with Gasteiger partial charge in [0.05, 0.1) is 0 Å². The highest BCUT2D eigenvalue weighted by Gasteiger charge is 2.00. The summed E-state index contributed by atoms with van der Waals surface area (Å²) >= 11 is 8.74. The fourth-order valence-corrected chi connectivity index (χ4v) is 2.54. The molecule has 0 fully saturated rings. The molecule has 0 aliphatic heterocycles. The van der Waals surface area contributed by atoms with E-state index in [0.717, 1.165) is 15.8 Å². The molecule has 19 heavy (non-hydrogen) atoms. The number of anilines is 2. The van der Waals surface area contributed by atoms with Gasteiger partial charge in [-0.25, -0.2) is 0 Å².